The Balaban J connectivity index is 2.62. The number of carbonyl (C=O) groups is 1. The molecule has 0 aliphatic carbocycles. The number of benzene rings is 1. The summed E-state index contributed by atoms with van der Waals surface area (Å²) in [6, 6.07) is 3.95. The minimum atomic E-state index is 0.183. The van der Waals surface area contributed by atoms with Crippen LogP contribution < -0.4 is 9.64 Å². The molecule has 1 heterocycles. The molecule has 1 aromatic carbocycles. The van der Waals surface area contributed by atoms with Gasteiger partial charge in [0.15, 0.2) is 11.5 Å². The maximum Gasteiger partial charge on any atom is 0.170 e. The van der Waals surface area contributed by atoms with Crippen molar-refractivity contribution in [2.45, 2.75) is 13.3 Å². The highest BCUT2D eigenvalue weighted by Crippen LogP contribution is 2.35. The highest BCUT2D eigenvalue weighted by Gasteiger charge is 2.22. The van der Waals surface area contributed by atoms with Crippen molar-refractivity contribution >= 4 is 11.5 Å². The van der Waals surface area contributed by atoms with Gasteiger partial charge in [0.2, 0.25) is 0 Å². The van der Waals surface area contributed by atoms with Crippen molar-refractivity contribution in [3.8, 4) is 5.75 Å². The van der Waals surface area contributed by atoms with Gasteiger partial charge in [0.05, 0.1) is 17.9 Å². The lowest BCUT2D eigenvalue weighted by atomic mass is 10.0. The van der Waals surface area contributed by atoms with Gasteiger partial charge in [0.25, 0.3) is 0 Å². The van der Waals surface area contributed by atoms with Gasteiger partial charge in [0.1, 0.15) is 0 Å². The zero-order valence-electron chi connectivity index (χ0n) is 9.33. The minimum absolute atomic E-state index is 0.183. The summed E-state index contributed by atoms with van der Waals surface area (Å²) < 4.78 is 5.58. The fourth-order valence-electron chi connectivity index (χ4n) is 1.83. The van der Waals surface area contributed by atoms with Gasteiger partial charge >= 0.3 is 0 Å². The fourth-order valence-corrected chi connectivity index (χ4v) is 1.83. The van der Waals surface area contributed by atoms with Crippen LogP contribution in [0.2, 0.25) is 0 Å². The molecular formula is C12H15NO2. The Kier molecular flexibility index (Phi) is 2.39. The van der Waals surface area contributed by atoms with E-state index in [1.165, 1.54) is 0 Å². The topological polar surface area (TPSA) is 29.5 Å². The molecule has 0 bridgehead atoms. The lowest BCUT2D eigenvalue weighted by Crippen LogP contribution is -2.19. The van der Waals surface area contributed by atoms with Crippen LogP contribution in [0.1, 0.15) is 22.3 Å². The van der Waals surface area contributed by atoms with Crippen LogP contribution in [0.4, 0.5) is 5.69 Å². The number of fused-ring (bicyclic) bond motifs is 1. The molecule has 3 heteroatoms. The Hall–Kier alpha value is -1.51. The molecular weight excluding hydrogens is 190 g/mol. The molecule has 0 atom stereocenters. The van der Waals surface area contributed by atoms with Crippen LogP contribution in [0.15, 0.2) is 12.1 Å². The van der Waals surface area contributed by atoms with Crippen molar-refractivity contribution in [2.24, 2.45) is 0 Å². The minimum Gasteiger partial charge on any atom is -0.490 e. The second-order valence-electron chi connectivity index (χ2n) is 4.08. The Morgan fingerprint density at radius 3 is 2.73 bits per heavy atom. The number of hydrogen-bond acceptors (Lipinski definition) is 3. The maximum atomic E-state index is 11.7. The predicted molar refractivity (Wildman–Crippen MR) is 59.9 cm³/mol. The highest BCUT2D eigenvalue weighted by molar-refractivity contribution is 6.01. The molecule has 0 unspecified atom stereocenters. The molecule has 1 aliphatic rings. The average molecular weight is 205 g/mol. The fraction of sp³-hybridized carbons (Fsp3) is 0.417. The van der Waals surface area contributed by atoms with Crippen LogP contribution in [-0.4, -0.2) is 26.5 Å². The molecule has 0 amide bonds. The number of carbonyl (C=O) groups excluding carboxylic acids is 1. The molecule has 0 N–H and O–H groups in total. The summed E-state index contributed by atoms with van der Waals surface area (Å²) in [5, 5.41) is 0. The monoisotopic (exact) mass is 205 g/mol. The van der Waals surface area contributed by atoms with E-state index in [1.807, 2.05) is 38.1 Å². The van der Waals surface area contributed by atoms with Gasteiger partial charge in [-0.05, 0) is 24.6 Å². The number of ether oxygens (including phenoxy) is 1. The first kappa shape index (κ1) is 10.0. The Labute approximate surface area is 89.7 Å². The maximum absolute atomic E-state index is 11.7. The number of rotatable bonds is 1. The summed E-state index contributed by atoms with van der Waals surface area (Å²) >= 11 is 0. The molecule has 0 radical (unpaired) electrons. The summed E-state index contributed by atoms with van der Waals surface area (Å²) in [5.41, 5.74) is 2.80. The Bertz CT molecular complexity index is 410. The number of nitrogens with zero attached hydrogens (tertiary/aromatic N) is 1. The predicted octanol–water partition coefficient (Wildman–Crippen LogP) is 2.03. The van der Waals surface area contributed by atoms with E-state index in [-0.39, 0.29) is 5.78 Å². The molecule has 0 fully saturated rings. The van der Waals surface area contributed by atoms with E-state index in [0.717, 1.165) is 22.6 Å². The van der Waals surface area contributed by atoms with E-state index in [2.05, 4.69) is 0 Å². The van der Waals surface area contributed by atoms with E-state index in [0.29, 0.717) is 13.0 Å². The highest BCUT2D eigenvalue weighted by atomic mass is 16.5. The molecule has 15 heavy (non-hydrogen) atoms. The van der Waals surface area contributed by atoms with E-state index in [1.54, 1.807) is 0 Å². The van der Waals surface area contributed by atoms with Gasteiger partial charge in [-0.2, -0.15) is 0 Å². The van der Waals surface area contributed by atoms with Gasteiger partial charge in [-0.15, -0.1) is 0 Å². The zero-order valence-corrected chi connectivity index (χ0v) is 9.33. The third kappa shape index (κ3) is 1.69. The summed E-state index contributed by atoms with van der Waals surface area (Å²) in [6.45, 7) is 2.49. The first-order valence-corrected chi connectivity index (χ1v) is 5.07. The molecule has 80 valence electrons. The van der Waals surface area contributed by atoms with Gasteiger partial charge < -0.3 is 9.64 Å². The second kappa shape index (κ2) is 3.57. The van der Waals surface area contributed by atoms with Crippen molar-refractivity contribution < 1.29 is 9.53 Å². The number of hydrogen-bond donors (Lipinski definition) is 0. The summed E-state index contributed by atoms with van der Waals surface area (Å²) in [6.07, 6.45) is 0.489. The molecule has 1 aliphatic heterocycles. The van der Waals surface area contributed by atoms with Crippen molar-refractivity contribution in [1.82, 2.24) is 0 Å². The van der Waals surface area contributed by atoms with Crippen LogP contribution in [0, 0.1) is 6.92 Å². The number of anilines is 1. The van der Waals surface area contributed by atoms with Crippen molar-refractivity contribution in [3.05, 3.63) is 23.3 Å². The first-order valence-electron chi connectivity index (χ1n) is 5.07. The van der Waals surface area contributed by atoms with Gasteiger partial charge in [0, 0.05) is 20.5 Å². The van der Waals surface area contributed by atoms with Gasteiger partial charge in [-0.25, -0.2) is 0 Å². The Morgan fingerprint density at radius 2 is 2.07 bits per heavy atom. The van der Waals surface area contributed by atoms with Gasteiger partial charge in [-0.3, -0.25) is 4.79 Å². The van der Waals surface area contributed by atoms with Crippen molar-refractivity contribution in [1.29, 1.82) is 0 Å². The molecule has 1 aromatic rings. The molecule has 0 spiro atoms. The molecule has 0 saturated heterocycles. The SMILES string of the molecule is Cc1cc2c(c(N(C)C)c1)OCCC2=O. The third-order valence-electron chi connectivity index (χ3n) is 2.57. The number of Topliss-reactive ketones (excluding diaryl/α,β-unsaturated/α-hetero) is 1. The summed E-state index contributed by atoms with van der Waals surface area (Å²) in [4.78, 5) is 13.7. The number of ketones is 1. The van der Waals surface area contributed by atoms with Crippen LogP contribution in [0.3, 0.4) is 0 Å². The van der Waals surface area contributed by atoms with Crippen LogP contribution in [0.5, 0.6) is 5.75 Å². The first-order chi connectivity index (χ1) is 7.09. The van der Waals surface area contributed by atoms with Crippen molar-refractivity contribution in [2.75, 3.05) is 25.6 Å². The average Bonchev–Trinajstić information content (AvgIpc) is 2.18. The van der Waals surface area contributed by atoms with Crippen LogP contribution in [0.25, 0.3) is 0 Å². The normalized spacial score (nSPS) is 14.5. The molecule has 2 rings (SSSR count). The summed E-state index contributed by atoms with van der Waals surface area (Å²) in [5.74, 6) is 0.921. The third-order valence-corrected chi connectivity index (χ3v) is 2.57. The quantitative estimate of drug-likeness (QED) is 0.702. The smallest absolute Gasteiger partial charge is 0.170 e. The Morgan fingerprint density at radius 1 is 1.33 bits per heavy atom. The number of aryl methyl sites for hydroxylation is 1. The lowest BCUT2D eigenvalue weighted by Gasteiger charge is -2.24. The van der Waals surface area contributed by atoms with Gasteiger partial charge in [-0.1, -0.05) is 0 Å². The van der Waals surface area contributed by atoms with Crippen LogP contribution in [-0.2, 0) is 0 Å². The molecule has 0 aromatic heterocycles. The zero-order chi connectivity index (χ0) is 11.0. The lowest BCUT2D eigenvalue weighted by molar-refractivity contribution is 0.0934. The molecule has 3 nitrogen and oxygen atoms in total. The van der Waals surface area contributed by atoms with E-state index in [4.69, 9.17) is 4.74 Å². The van der Waals surface area contributed by atoms with Crippen LogP contribution >= 0.6 is 0 Å². The summed E-state index contributed by atoms with van der Waals surface area (Å²) in [7, 11) is 3.91. The largest absolute Gasteiger partial charge is 0.490 e. The van der Waals surface area contributed by atoms with E-state index < -0.39 is 0 Å². The van der Waals surface area contributed by atoms with E-state index >= 15 is 0 Å². The standard InChI is InChI=1S/C12H15NO2/c1-8-6-9-11(14)4-5-15-12(9)10(7-8)13(2)3/h6-7H,4-5H2,1-3H3. The molecule has 0 saturated carbocycles. The second-order valence-corrected chi connectivity index (χ2v) is 4.08. The van der Waals surface area contributed by atoms with Crippen molar-refractivity contribution in [3.63, 3.8) is 0 Å². The van der Waals surface area contributed by atoms with E-state index in [9.17, 15) is 4.79 Å².